The van der Waals surface area contributed by atoms with Gasteiger partial charge in [0.1, 0.15) is 40.9 Å². The summed E-state index contributed by atoms with van der Waals surface area (Å²) in [6.07, 6.45) is 6.55. The number of esters is 1. The Morgan fingerprint density at radius 1 is 1.06 bits per heavy atom. The summed E-state index contributed by atoms with van der Waals surface area (Å²) >= 11 is 6.86. The molecule has 6 amide bonds. The highest BCUT2D eigenvalue weighted by molar-refractivity contribution is 8.77. The van der Waals surface area contributed by atoms with Gasteiger partial charge in [-0.05, 0) is 107 Å². The third kappa shape index (κ3) is 16.2. The van der Waals surface area contributed by atoms with Crippen LogP contribution in [0.15, 0.2) is 53.3 Å². The number of hydroxylamine groups is 2. The van der Waals surface area contributed by atoms with Crippen LogP contribution in [0.5, 0.6) is 11.5 Å². The van der Waals surface area contributed by atoms with E-state index in [1.165, 1.54) is 52.7 Å². The van der Waals surface area contributed by atoms with Crippen molar-refractivity contribution in [1.82, 2.24) is 25.7 Å². The van der Waals surface area contributed by atoms with Crippen molar-refractivity contribution in [3.05, 3.63) is 70.0 Å². The maximum atomic E-state index is 14.5. The van der Waals surface area contributed by atoms with Crippen molar-refractivity contribution in [2.75, 3.05) is 45.6 Å². The van der Waals surface area contributed by atoms with E-state index in [4.69, 9.17) is 40.1 Å². The molecule has 0 radical (unpaired) electrons. The number of allylic oxidation sites excluding steroid dienone is 3. The fourth-order valence-corrected chi connectivity index (χ4v) is 13.6. The number of benzene rings is 1. The minimum absolute atomic E-state index is 0.0152. The number of aryl methyl sites for hydroxylation is 1. The molecule has 452 valence electrons. The first-order valence-corrected chi connectivity index (χ1v) is 30.5. The molecule has 4 heterocycles. The Labute approximate surface area is 496 Å². The molecule has 0 unspecified atom stereocenters. The summed E-state index contributed by atoms with van der Waals surface area (Å²) in [7, 11) is 8.92. The second-order valence-electron chi connectivity index (χ2n) is 22.7. The Morgan fingerprint density at radius 2 is 1.80 bits per heavy atom. The number of hydrogen-bond donors (Lipinski definition) is 3. The number of anilines is 1. The summed E-state index contributed by atoms with van der Waals surface area (Å²) in [6, 6.07) is 4.41. The Hall–Kier alpha value is -6.21. The molecule has 1 aromatic heterocycles. The number of hydrogen-bond acceptors (Lipinski definition) is 19. The normalized spacial score (nSPS) is 26.5. The maximum Gasteiger partial charge on any atom is 0.409 e. The molecule has 2 saturated heterocycles. The van der Waals surface area contributed by atoms with Crippen LogP contribution in [0.2, 0.25) is 5.02 Å². The second-order valence-corrected chi connectivity index (χ2v) is 26.2. The minimum Gasteiger partial charge on any atom is -0.495 e. The highest BCUT2D eigenvalue weighted by Crippen LogP contribution is 2.61. The molecule has 3 aliphatic heterocycles. The molecule has 83 heavy (non-hydrogen) atoms. The monoisotopic (exact) mass is 1210 g/mol. The summed E-state index contributed by atoms with van der Waals surface area (Å²) in [5, 5.41) is 19.7. The van der Waals surface area contributed by atoms with Gasteiger partial charge in [-0.15, -0.1) is 5.06 Å². The van der Waals surface area contributed by atoms with Gasteiger partial charge in [-0.25, -0.2) is 19.8 Å². The number of nitrogens with one attached hydrogen (secondary N) is 2. The highest BCUT2D eigenvalue weighted by Gasteiger charge is 2.62. The summed E-state index contributed by atoms with van der Waals surface area (Å²) in [4.78, 5) is 116. The molecule has 1 aromatic carbocycles. The van der Waals surface area contributed by atoms with Crippen molar-refractivity contribution in [3.8, 4) is 11.5 Å². The fourth-order valence-electron chi connectivity index (χ4n) is 10.8. The molecule has 2 aliphatic carbocycles. The van der Waals surface area contributed by atoms with Gasteiger partial charge in [0.15, 0.2) is 5.72 Å². The van der Waals surface area contributed by atoms with E-state index < -0.39 is 76.0 Å². The lowest BCUT2D eigenvalue weighted by atomic mass is 9.83. The predicted octanol–water partition coefficient (Wildman–Crippen LogP) is 7.34. The predicted molar refractivity (Wildman–Crippen MR) is 311 cm³/mol. The van der Waals surface area contributed by atoms with Gasteiger partial charge in [0, 0.05) is 69.2 Å². The summed E-state index contributed by atoms with van der Waals surface area (Å²) in [5.41, 5.74) is 4.36. The van der Waals surface area contributed by atoms with Crippen LogP contribution in [-0.4, -0.2) is 149 Å². The number of likely N-dealkylation sites (N-methyl/N-ethyl adjacent to an activating group) is 1. The zero-order valence-electron chi connectivity index (χ0n) is 48.7. The molecule has 2 aromatic rings. The second kappa shape index (κ2) is 27.7. The number of hydrazone groups is 1. The number of halogens is 1. The molecule has 5 aliphatic rings. The molecule has 7 rings (SSSR count). The number of aliphatic hydroxyl groups is 1. The molecule has 3 fully saturated rings. The van der Waals surface area contributed by atoms with Crippen LogP contribution in [0.25, 0.3) is 0 Å². The maximum absolute atomic E-state index is 14.5. The van der Waals surface area contributed by atoms with Crippen LogP contribution in [0.1, 0.15) is 129 Å². The number of imide groups is 1. The van der Waals surface area contributed by atoms with Gasteiger partial charge in [-0.1, -0.05) is 70.8 Å². The molecular formula is C58H76ClN7O15S2. The third-order valence-electron chi connectivity index (χ3n) is 15.9. The van der Waals surface area contributed by atoms with Gasteiger partial charge in [-0.3, -0.25) is 34.3 Å². The lowest BCUT2D eigenvalue weighted by Crippen LogP contribution is -2.63. The van der Waals surface area contributed by atoms with E-state index in [2.05, 4.69) is 20.8 Å². The Morgan fingerprint density at radius 3 is 2.51 bits per heavy atom. The molecular weight excluding hydrogens is 1130 g/mol. The number of nitrogens with zero attached hydrogens (tertiary/aromatic N) is 5. The van der Waals surface area contributed by atoms with Crippen molar-refractivity contribution in [3.63, 3.8) is 0 Å². The summed E-state index contributed by atoms with van der Waals surface area (Å²) in [6.45, 7) is 11.3. The number of fused-ring (bicyclic) bond motifs is 6. The van der Waals surface area contributed by atoms with Crippen molar-refractivity contribution in [1.29, 1.82) is 0 Å². The van der Waals surface area contributed by atoms with E-state index in [9.17, 15) is 43.5 Å². The van der Waals surface area contributed by atoms with Crippen LogP contribution >= 0.6 is 33.2 Å². The number of aromatic nitrogens is 1. The topological polar surface area (TPSA) is 271 Å². The number of methoxy groups -OCH3 is 2. The van der Waals surface area contributed by atoms with Crippen molar-refractivity contribution >= 4 is 92.2 Å². The number of carbonyl (C=O) groups is 8. The van der Waals surface area contributed by atoms with Crippen molar-refractivity contribution in [2.24, 2.45) is 22.4 Å². The minimum atomic E-state index is -1.82. The average molecular weight is 1210 g/mol. The van der Waals surface area contributed by atoms with E-state index in [1.54, 1.807) is 38.4 Å². The largest absolute Gasteiger partial charge is 0.495 e. The number of ether oxygens (including phenoxy) is 5. The van der Waals surface area contributed by atoms with Gasteiger partial charge < -0.3 is 43.4 Å². The molecule has 25 heteroatoms. The third-order valence-corrected chi connectivity index (χ3v) is 19.6. The molecule has 0 spiro atoms. The van der Waals surface area contributed by atoms with Gasteiger partial charge in [0.25, 0.3) is 11.8 Å². The lowest BCUT2D eigenvalue weighted by molar-refractivity contribution is -0.197. The van der Waals surface area contributed by atoms with Crippen LogP contribution in [-0.2, 0) is 65.5 Å². The van der Waals surface area contributed by atoms with E-state index in [-0.39, 0.29) is 86.6 Å². The first-order valence-electron chi connectivity index (χ1n) is 27.8. The van der Waals surface area contributed by atoms with Gasteiger partial charge in [0.2, 0.25) is 17.7 Å². The van der Waals surface area contributed by atoms with Crippen molar-refractivity contribution in [2.45, 2.75) is 160 Å². The van der Waals surface area contributed by atoms with Gasteiger partial charge in [0.05, 0.1) is 49.8 Å². The number of rotatable bonds is 19. The Bertz CT molecular complexity index is 2910. The zero-order chi connectivity index (χ0) is 60.6. The quantitative estimate of drug-likeness (QED) is 0.0408. The molecule has 3 N–H and O–H groups in total. The van der Waals surface area contributed by atoms with Crippen LogP contribution in [0.4, 0.5) is 10.5 Å². The smallest absolute Gasteiger partial charge is 0.409 e. The number of pyridine rings is 1. The summed E-state index contributed by atoms with van der Waals surface area (Å²) < 4.78 is 28.7. The van der Waals surface area contributed by atoms with E-state index >= 15 is 0 Å². The molecule has 1 saturated carbocycles. The highest BCUT2D eigenvalue weighted by atomic mass is 35.5. The number of carbonyl (C=O) groups excluding carboxylic acids is 8. The standard InChI is InChI=1S/C58H76ClN7O15S2/c1-33-14-11-17-44(77-10)58(75)30-43(79-55(74)61-58)34(2)39-29-57(39,6)45(28-50(71)65(8)41-25-36(24-33)26-42(76-9)52(41)59)80-54(73)35(3)64(7)47(68)21-23-82-83-56(4,5)31-46(67)63-62-40-16-12-15-37-27-38(32-60-53(37)40)78-22-13-18-51(72)81-66-48(69)19-20-49(66)70/h11,14,17,25-27,32,34-35,39,43-45,75H,12-13,15-16,18-24,28-31H2,1-10H3,(H,61,74)(H,63,67)/b17-11+,33-14+,62-40+/t34-,35-,39-,43-,44+,45-,57-,58-/m0/s1. The van der Waals surface area contributed by atoms with Gasteiger partial charge in [-0.2, -0.15) is 5.10 Å². The van der Waals surface area contributed by atoms with Crippen molar-refractivity contribution < 1.29 is 72.0 Å². The molecule has 8 atom stereocenters. The lowest BCUT2D eigenvalue weighted by Gasteiger charge is -2.42. The molecule has 22 nitrogen and oxygen atoms in total. The Balaban J connectivity index is 0.925. The average Bonchev–Trinajstić information content (AvgIpc) is 2.25. The molecule has 4 bridgehead atoms. The van der Waals surface area contributed by atoms with E-state index in [0.29, 0.717) is 58.7 Å². The first-order chi connectivity index (χ1) is 39.3. The van der Waals surface area contributed by atoms with Crippen LogP contribution in [0, 0.1) is 17.3 Å². The SMILES string of the molecule is COc1cc2cc(c1Cl)N(C)C(=O)C[C@H](OC(=O)[C@H](C)N(C)C(=O)CCSSC(C)(C)CC(=O)N/N=C1\CCCc3cc(OCCCC(=O)ON4C(=O)CCC4=O)cnc31)[C@@]1(C)C[C@H]1[C@H](C)[C@@H]1C[C@@](O)(NC(=O)O1)[C@H](OC)/C=C/C=C(\C)C2. The first kappa shape index (κ1) is 64.4. The van der Waals surface area contributed by atoms with E-state index in [1.807, 2.05) is 52.8 Å². The van der Waals surface area contributed by atoms with Crippen LogP contribution in [0.3, 0.4) is 0 Å². The van der Waals surface area contributed by atoms with Gasteiger partial charge >= 0.3 is 18.0 Å². The number of alkyl carbamates (subject to hydrolysis) is 1. The van der Waals surface area contributed by atoms with Crippen LogP contribution < -0.4 is 25.1 Å². The summed E-state index contributed by atoms with van der Waals surface area (Å²) in [5.74, 6) is -2.89. The Kier molecular flexibility index (Phi) is 21.4. The fraction of sp³-hybridized carbons (Fsp3) is 0.586. The van der Waals surface area contributed by atoms with E-state index in [0.717, 1.165) is 29.5 Å². The number of amides is 6. The zero-order valence-corrected chi connectivity index (χ0v) is 51.1.